The number of carbonyl (C=O) groups is 1. The molecule has 3 rings (SSSR count). The minimum Gasteiger partial charge on any atom is -0.487 e. The zero-order valence-corrected chi connectivity index (χ0v) is 20.9. The number of fused-ring (bicyclic) bond motifs is 1. The third-order valence-corrected chi connectivity index (χ3v) is 5.81. The molecule has 3 aromatic rings. The number of para-hydroxylation sites is 1. The van der Waals surface area contributed by atoms with Gasteiger partial charge in [-0.2, -0.15) is 0 Å². The SMILES string of the molecule is C=C/C=C(/c1cc(C)nc2c(OCc3c(Cl)cncc3CCCC(=O)OC)cccc12)N(C)C. The Morgan fingerprint density at radius 3 is 2.76 bits per heavy atom. The highest BCUT2D eigenvalue weighted by molar-refractivity contribution is 6.31. The van der Waals surface area contributed by atoms with Crippen molar-refractivity contribution in [2.75, 3.05) is 21.2 Å². The number of carbonyl (C=O) groups excluding carboxylic acids is 1. The lowest BCUT2D eigenvalue weighted by Crippen LogP contribution is -2.11. The van der Waals surface area contributed by atoms with E-state index in [2.05, 4.69) is 22.5 Å². The van der Waals surface area contributed by atoms with Gasteiger partial charge in [-0.25, -0.2) is 4.98 Å². The van der Waals surface area contributed by atoms with E-state index in [1.54, 1.807) is 18.5 Å². The molecule has 0 N–H and O–H groups in total. The lowest BCUT2D eigenvalue weighted by molar-refractivity contribution is -0.140. The van der Waals surface area contributed by atoms with E-state index in [0.29, 0.717) is 30.0 Å². The fourth-order valence-corrected chi connectivity index (χ4v) is 4.06. The minimum absolute atomic E-state index is 0.233. The van der Waals surface area contributed by atoms with Crippen molar-refractivity contribution in [3.05, 3.63) is 82.8 Å². The van der Waals surface area contributed by atoms with E-state index in [0.717, 1.165) is 39.0 Å². The first-order chi connectivity index (χ1) is 16.3. The van der Waals surface area contributed by atoms with E-state index < -0.39 is 0 Å². The van der Waals surface area contributed by atoms with Crippen LogP contribution in [0.3, 0.4) is 0 Å². The Bertz CT molecular complexity index is 1220. The fourth-order valence-electron chi connectivity index (χ4n) is 3.82. The van der Waals surface area contributed by atoms with Gasteiger partial charge in [-0.15, -0.1) is 0 Å². The molecule has 2 aromatic heterocycles. The molecule has 2 heterocycles. The van der Waals surface area contributed by atoms with Gasteiger partial charge in [-0.05, 0) is 43.5 Å². The van der Waals surface area contributed by atoms with Gasteiger partial charge in [-0.1, -0.05) is 36.4 Å². The van der Waals surface area contributed by atoms with E-state index in [9.17, 15) is 4.79 Å². The number of aromatic nitrogens is 2. The van der Waals surface area contributed by atoms with Gasteiger partial charge in [-0.3, -0.25) is 9.78 Å². The molecular formula is C27H30ClN3O3. The van der Waals surface area contributed by atoms with Crippen molar-refractivity contribution in [1.82, 2.24) is 14.9 Å². The highest BCUT2D eigenvalue weighted by Crippen LogP contribution is 2.32. The van der Waals surface area contributed by atoms with Crippen LogP contribution in [-0.4, -0.2) is 42.0 Å². The van der Waals surface area contributed by atoms with Gasteiger partial charge in [0.2, 0.25) is 0 Å². The smallest absolute Gasteiger partial charge is 0.305 e. The second kappa shape index (κ2) is 11.7. The third kappa shape index (κ3) is 5.94. The normalized spacial score (nSPS) is 11.4. The Hall–Kier alpha value is -3.38. The maximum atomic E-state index is 11.5. The van der Waals surface area contributed by atoms with Crippen LogP contribution in [0.5, 0.6) is 5.75 Å². The van der Waals surface area contributed by atoms with Crippen LogP contribution in [0.4, 0.5) is 0 Å². The van der Waals surface area contributed by atoms with Crippen molar-refractivity contribution in [1.29, 1.82) is 0 Å². The topological polar surface area (TPSA) is 64.5 Å². The number of rotatable bonds is 10. The zero-order chi connectivity index (χ0) is 24.7. The molecule has 178 valence electrons. The molecule has 7 heteroatoms. The second-order valence-electron chi connectivity index (χ2n) is 8.12. The number of ether oxygens (including phenoxy) is 2. The monoisotopic (exact) mass is 479 g/mol. The molecular weight excluding hydrogens is 450 g/mol. The summed E-state index contributed by atoms with van der Waals surface area (Å²) in [5, 5.41) is 1.52. The van der Waals surface area contributed by atoms with Gasteiger partial charge in [0.25, 0.3) is 0 Å². The number of esters is 1. The fraction of sp³-hybridized carbons (Fsp3) is 0.296. The molecule has 0 saturated carbocycles. The summed E-state index contributed by atoms with van der Waals surface area (Å²) in [6.07, 6.45) is 8.78. The number of pyridine rings is 2. The van der Waals surface area contributed by atoms with E-state index in [-0.39, 0.29) is 12.6 Å². The average molecular weight is 480 g/mol. The molecule has 6 nitrogen and oxygen atoms in total. The number of nitrogens with zero attached hydrogens (tertiary/aromatic N) is 3. The van der Waals surface area contributed by atoms with Gasteiger partial charge in [0.1, 0.15) is 17.9 Å². The van der Waals surface area contributed by atoms with E-state index in [4.69, 9.17) is 26.1 Å². The highest BCUT2D eigenvalue weighted by Gasteiger charge is 2.15. The van der Waals surface area contributed by atoms with Crippen LogP contribution in [0.1, 0.15) is 35.2 Å². The van der Waals surface area contributed by atoms with Crippen LogP contribution < -0.4 is 4.74 Å². The molecule has 0 atom stereocenters. The van der Waals surface area contributed by atoms with Crippen LogP contribution in [0.25, 0.3) is 16.6 Å². The Balaban J connectivity index is 1.93. The summed E-state index contributed by atoms with van der Waals surface area (Å²) < 4.78 is 11.0. The number of aryl methyl sites for hydroxylation is 2. The van der Waals surface area contributed by atoms with E-state index >= 15 is 0 Å². The Morgan fingerprint density at radius 1 is 1.26 bits per heavy atom. The first-order valence-electron chi connectivity index (χ1n) is 11.1. The Morgan fingerprint density at radius 2 is 2.06 bits per heavy atom. The number of hydrogen-bond acceptors (Lipinski definition) is 6. The molecule has 0 radical (unpaired) electrons. The van der Waals surface area contributed by atoms with Crippen molar-refractivity contribution in [2.45, 2.75) is 32.8 Å². The summed E-state index contributed by atoms with van der Waals surface area (Å²) in [5.74, 6) is 0.441. The molecule has 0 aliphatic heterocycles. The predicted octanol–water partition coefficient (Wildman–Crippen LogP) is 5.75. The Kier molecular flexibility index (Phi) is 8.66. The first-order valence-corrected chi connectivity index (χ1v) is 11.4. The highest BCUT2D eigenvalue weighted by atomic mass is 35.5. The molecule has 0 aliphatic carbocycles. The van der Waals surface area contributed by atoms with E-state index in [1.165, 1.54) is 7.11 Å². The second-order valence-corrected chi connectivity index (χ2v) is 8.53. The zero-order valence-electron chi connectivity index (χ0n) is 20.1. The number of hydrogen-bond donors (Lipinski definition) is 0. The number of methoxy groups -OCH3 is 1. The minimum atomic E-state index is -0.233. The lowest BCUT2D eigenvalue weighted by Gasteiger charge is -2.20. The van der Waals surface area contributed by atoms with Crippen LogP contribution in [-0.2, 0) is 22.6 Å². The summed E-state index contributed by atoms with van der Waals surface area (Å²) >= 11 is 6.47. The molecule has 1 aromatic carbocycles. The van der Waals surface area contributed by atoms with Crippen molar-refractivity contribution < 1.29 is 14.3 Å². The van der Waals surface area contributed by atoms with Gasteiger partial charge in [0, 0.05) is 60.8 Å². The molecule has 0 bridgehead atoms. The van der Waals surface area contributed by atoms with Crippen LogP contribution in [0, 0.1) is 6.92 Å². The molecule has 0 spiro atoms. The summed E-state index contributed by atoms with van der Waals surface area (Å²) in [6.45, 7) is 6.10. The summed E-state index contributed by atoms with van der Waals surface area (Å²) in [5.41, 5.74) is 5.57. The maximum Gasteiger partial charge on any atom is 0.305 e. The van der Waals surface area contributed by atoms with Crippen molar-refractivity contribution in [3.8, 4) is 5.75 Å². The van der Waals surface area contributed by atoms with Crippen molar-refractivity contribution in [3.63, 3.8) is 0 Å². The molecule has 0 aliphatic rings. The largest absolute Gasteiger partial charge is 0.487 e. The molecule has 0 saturated heterocycles. The summed E-state index contributed by atoms with van der Waals surface area (Å²) in [6, 6.07) is 7.99. The van der Waals surface area contributed by atoms with Crippen LogP contribution in [0.2, 0.25) is 5.02 Å². The van der Waals surface area contributed by atoms with Gasteiger partial charge in [0.05, 0.1) is 12.1 Å². The quantitative estimate of drug-likeness (QED) is 0.272. The average Bonchev–Trinajstić information content (AvgIpc) is 2.81. The standard InChI is InChI=1S/C27H30ClN3O3/c1-6-9-24(31(3)4)21-14-18(2)30-27-20(21)11-8-12-25(27)34-17-22-19(15-29-16-23(22)28)10-7-13-26(32)33-5/h6,8-9,11-12,14-16H,1,7,10,13,17H2,2-5H3/b24-9-. The van der Waals surface area contributed by atoms with Gasteiger partial charge in [0.15, 0.2) is 0 Å². The number of halogens is 1. The van der Waals surface area contributed by atoms with E-state index in [1.807, 2.05) is 45.3 Å². The Labute approximate surface area is 205 Å². The predicted molar refractivity (Wildman–Crippen MR) is 137 cm³/mol. The molecule has 0 unspecified atom stereocenters. The summed E-state index contributed by atoms with van der Waals surface area (Å²) in [4.78, 5) is 22.5. The van der Waals surface area contributed by atoms with Gasteiger partial charge >= 0.3 is 5.97 Å². The number of benzene rings is 1. The first kappa shape index (κ1) is 25.2. The molecule has 0 fully saturated rings. The van der Waals surface area contributed by atoms with Gasteiger partial charge < -0.3 is 14.4 Å². The lowest BCUT2D eigenvalue weighted by atomic mass is 10.0. The van der Waals surface area contributed by atoms with Crippen molar-refractivity contribution >= 4 is 34.2 Å². The van der Waals surface area contributed by atoms with Crippen LogP contribution >= 0.6 is 11.6 Å². The third-order valence-electron chi connectivity index (χ3n) is 5.48. The number of allylic oxidation sites excluding steroid dienone is 2. The molecule has 34 heavy (non-hydrogen) atoms. The van der Waals surface area contributed by atoms with Crippen LogP contribution in [0.15, 0.2) is 55.4 Å². The summed E-state index contributed by atoms with van der Waals surface area (Å²) in [7, 11) is 5.40. The maximum absolute atomic E-state index is 11.5. The van der Waals surface area contributed by atoms with Crippen molar-refractivity contribution in [2.24, 2.45) is 0 Å². The molecule has 0 amide bonds.